The van der Waals surface area contributed by atoms with Gasteiger partial charge < -0.3 is 24.4 Å². The fourth-order valence-electron chi connectivity index (χ4n) is 3.04. The van der Waals surface area contributed by atoms with Crippen molar-refractivity contribution >= 4 is 17.5 Å². The van der Waals surface area contributed by atoms with E-state index in [1.165, 1.54) is 4.90 Å². The van der Waals surface area contributed by atoms with E-state index in [0.717, 1.165) is 5.56 Å². The fraction of sp³-hybridized carbons (Fsp3) is 0.364. The van der Waals surface area contributed by atoms with Crippen LogP contribution in [0.4, 0.5) is 5.69 Å². The second-order valence-electron chi connectivity index (χ2n) is 6.84. The van der Waals surface area contributed by atoms with Crippen molar-refractivity contribution in [2.75, 3.05) is 31.6 Å². The number of benzene rings is 2. The SMILES string of the molecule is CCN(CC(=O)Nc1ccc2c(c1)OCCO2)C(=O)C(C)Oc1cccc(C)c1. The second kappa shape index (κ2) is 9.32. The molecule has 1 aliphatic rings. The monoisotopic (exact) mass is 398 g/mol. The molecule has 1 heterocycles. The van der Waals surface area contributed by atoms with Crippen molar-refractivity contribution in [3.8, 4) is 17.2 Å². The van der Waals surface area contributed by atoms with E-state index in [2.05, 4.69) is 5.32 Å². The Bertz CT molecular complexity index is 883. The van der Waals surface area contributed by atoms with E-state index in [0.29, 0.717) is 42.7 Å². The Kier molecular flexibility index (Phi) is 6.59. The quantitative estimate of drug-likeness (QED) is 0.776. The van der Waals surface area contributed by atoms with Gasteiger partial charge >= 0.3 is 0 Å². The predicted octanol–water partition coefficient (Wildman–Crippen LogP) is 3.02. The van der Waals surface area contributed by atoms with Crippen molar-refractivity contribution in [1.29, 1.82) is 0 Å². The molecule has 2 aromatic carbocycles. The van der Waals surface area contributed by atoms with Crippen LogP contribution in [0.5, 0.6) is 17.2 Å². The van der Waals surface area contributed by atoms with Crippen molar-refractivity contribution < 1.29 is 23.8 Å². The van der Waals surface area contributed by atoms with Crippen LogP contribution < -0.4 is 19.5 Å². The second-order valence-corrected chi connectivity index (χ2v) is 6.84. The molecule has 0 bridgehead atoms. The molecule has 0 fully saturated rings. The number of amides is 2. The summed E-state index contributed by atoms with van der Waals surface area (Å²) in [5, 5.41) is 2.80. The average molecular weight is 398 g/mol. The Morgan fingerprint density at radius 2 is 1.90 bits per heavy atom. The van der Waals surface area contributed by atoms with E-state index in [-0.39, 0.29) is 18.4 Å². The molecule has 0 radical (unpaired) electrons. The predicted molar refractivity (Wildman–Crippen MR) is 110 cm³/mol. The van der Waals surface area contributed by atoms with Gasteiger partial charge in [-0.1, -0.05) is 12.1 Å². The highest BCUT2D eigenvalue weighted by Crippen LogP contribution is 2.32. The normalized spacial score (nSPS) is 13.3. The van der Waals surface area contributed by atoms with Gasteiger partial charge in [-0.25, -0.2) is 0 Å². The summed E-state index contributed by atoms with van der Waals surface area (Å²) in [6, 6.07) is 12.7. The summed E-state index contributed by atoms with van der Waals surface area (Å²) in [6.45, 7) is 6.79. The van der Waals surface area contributed by atoms with E-state index in [1.54, 1.807) is 25.1 Å². The number of rotatable bonds is 7. The Balaban J connectivity index is 1.58. The van der Waals surface area contributed by atoms with Gasteiger partial charge in [0.25, 0.3) is 5.91 Å². The molecule has 0 saturated heterocycles. The van der Waals surface area contributed by atoms with Crippen LogP contribution in [-0.4, -0.2) is 49.1 Å². The van der Waals surface area contributed by atoms with Crippen LogP contribution in [0.1, 0.15) is 19.4 Å². The number of aryl methyl sites for hydroxylation is 1. The molecule has 1 N–H and O–H groups in total. The molecular formula is C22H26N2O5. The van der Waals surface area contributed by atoms with Crippen LogP contribution in [0.15, 0.2) is 42.5 Å². The number of hydrogen-bond donors (Lipinski definition) is 1. The van der Waals surface area contributed by atoms with Gasteiger partial charge in [0.05, 0.1) is 6.54 Å². The van der Waals surface area contributed by atoms with Crippen molar-refractivity contribution in [3.05, 3.63) is 48.0 Å². The van der Waals surface area contributed by atoms with Crippen LogP contribution in [-0.2, 0) is 9.59 Å². The highest BCUT2D eigenvalue weighted by atomic mass is 16.6. The van der Waals surface area contributed by atoms with Crippen molar-refractivity contribution in [2.24, 2.45) is 0 Å². The molecule has 0 aromatic heterocycles. The molecule has 0 aliphatic carbocycles. The van der Waals surface area contributed by atoms with E-state index >= 15 is 0 Å². The van der Waals surface area contributed by atoms with Gasteiger partial charge in [0.2, 0.25) is 5.91 Å². The number of nitrogens with one attached hydrogen (secondary N) is 1. The van der Waals surface area contributed by atoms with Crippen LogP contribution in [0.25, 0.3) is 0 Å². The summed E-state index contributed by atoms with van der Waals surface area (Å²) in [5.74, 6) is 1.34. The number of likely N-dealkylation sites (N-methyl/N-ethyl adjacent to an activating group) is 1. The molecule has 29 heavy (non-hydrogen) atoms. The number of fused-ring (bicyclic) bond motifs is 1. The third kappa shape index (κ3) is 5.40. The summed E-state index contributed by atoms with van der Waals surface area (Å²) in [5.41, 5.74) is 1.64. The first-order chi connectivity index (χ1) is 14.0. The molecule has 1 atom stereocenters. The summed E-state index contributed by atoms with van der Waals surface area (Å²) >= 11 is 0. The lowest BCUT2D eigenvalue weighted by Gasteiger charge is -2.24. The first-order valence-electron chi connectivity index (χ1n) is 9.68. The molecule has 0 saturated carbocycles. The van der Waals surface area contributed by atoms with Crippen LogP contribution in [0, 0.1) is 6.92 Å². The zero-order chi connectivity index (χ0) is 20.8. The van der Waals surface area contributed by atoms with Crippen LogP contribution >= 0.6 is 0 Å². The van der Waals surface area contributed by atoms with Crippen molar-refractivity contribution in [3.63, 3.8) is 0 Å². The molecule has 2 aromatic rings. The van der Waals surface area contributed by atoms with Gasteiger partial charge in [-0.3, -0.25) is 9.59 Å². The Morgan fingerprint density at radius 3 is 2.62 bits per heavy atom. The van der Waals surface area contributed by atoms with Gasteiger partial charge in [-0.15, -0.1) is 0 Å². The Morgan fingerprint density at radius 1 is 1.14 bits per heavy atom. The lowest BCUT2D eigenvalue weighted by atomic mass is 10.2. The average Bonchev–Trinajstić information content (AvgIpc) is 2.71. The molecule has 1 aliphatic heterocycles. The van der Waals surface area contributed by atoms with Crippen molar-refractivity contribution in [2.45, 2.75) is 26.9 Å². The number of nitrogens with zero attached hydrogens (tertiary/aromatic N) is 1. The lowest BCUT2D eigenvalue weighted by Crippen LogP contribution is -2.44. The number of ether oxygens (including phenoxy) is 3. The van der Waals surface area contributed by atoms with Crippen molar-refractivity contribution in [1.82, 2.24) is 4.90 Å². The van der Waals surface area contributed by atoms with Gasteiger partial charge in [0, 0.05) is 18.3 Å². The minimum atomic E-state index is -0.696. The topological polar surface area (TPSA) is 77.1 Å². The van der Waals surface area contributed by atoms with Crippen LogP contribution in [0.2, 0.25) is 0 Å². The molecule has 2 amide bonds. The maximum absolute atomic E-state index is 12.7. The van der Waals surface area contributed by atoms with Crippen LogP contribution in [0.3, 0.4) is 0 Å². The number of anilines is 1. The molecular weight excluding hydrogens is 372 g/mol. The highest BCUT2D eigenvalue weighted by Gasteiger charge is 2.23. The van der Waals surface area contributed by atoms with E-state index in [1.807, 2.05) is 38.1 Å². The third-order valence-electron chi connectivity index (χ3n) is 4.50. The van der Waals surface area contributed by atoms with E-state index in [9.17, 15) is 9.59 Å². The number of hydrogen-bond acceptors (Lipinski definition) is 5. The first kappa shape index (κ1) is 20.5. The molecule has 0 spiro atoms. The molecule has 3 rings (SSSR count). The molecule has 7 heteroatoms. The summed E-state index contributed by atoms with van der Waals surface area (Å²) in [4.78, 5) is 26.7. The zero-order valence-corrected chi connectivity index (χ0v) is 16.9. The lowest BCUT2D eigenvalue weighted by molar-refractivity contribution is -0.140. The van der Waals surface area contributed by atoms with Gasteiger partial charge in [-0.2, -0.15) is 0 Å². The fourth-order valence-corrected chi connectivity index (χ4v) is 3.04. The molecule has 154 valence electrons. The molecule has 7 nitrogen and oxygen atoms in total. The maximum Gasteiger partial charge on any atom is 0.263 e. The van der Waals surface area contributed by atoms with Gasteiger partial charge in [-0.05, 0) is 50.6 Å². The molecule has 1 unspecified atom stereocenters. The largest absolute Gasteiger partial charge is 0.486 e. The maximum atomic E-state index is 12.7. The standard InChI is InChI=1S/C22H26N2O5/c1-4-24(22(26)16(3)29-18-7-5-6-15(2)12-18)14-21(25)23-17-8-9-19-20(13-17)28-11-10-27-19/h5-9,12-13,16H,4,10-11,14H2,1-3H3,(H,23,25). The summed E-state index contributed by atoms with van der Waals surface area (Å²) in [7, 11) is 0. The smallest absolute Gasteiger partial charge is 0.263 e. The van der Waals surface area contributed by atoms with Gasteiger partial charge in [0.1, 0.15) is 19.0 Å². The highest BCUT2D eigenvalue weighted by molar-refractivity contribution is 5.95. The third-order valence-corrected chi connectivity index (χ3v) is 4.50. The number of carbonyl (C=O) groups excluding carboxylic acids is 2. The van der Waals surface area contributed by atoms with E-state index < -0.39 is 6.10 Å². The Hall–Kier alpha value is -3.22. The number of carbonyl (C=O) groups is 2. The van der Waals surface area contributed by atoms with E-state index in [4.69, 9.17) is 14.2 Å². The summed E-state index contributed by atoms with van der Waals surface area (Å²) in [6.07, 6.45) is -0.696. The summed E-state index contributed by atoms with van der Waals surface area (Å²) < 4.78 is 16.7. The first-order valence-corrected chi connectivity index (χ1v) is 9.68. The zero-order valence-electron chi connectivity index (χ0n) is 16.9. The van der Waals surface area contributed by atoms with Gasteiger partial charge in [0.15, 0.2) is 17.6 Å². The minimum Gasteiger partial charge on any atom is -0.486 e. The minimum absolute atomic E-state index is 0.0642. The Labute approximate surface area is 170 Å².